The fraction of sp³-hybridized carbons (Fsp3) is 0.898. The molecule has 18 nitrogen and oxygen atoms in total. The first kappa shape index (κ1) is 98.5. The number of nitrogens with two attached hydrogens (primary N) is 2. The minimum absolute atomic E-state index is 0.00134. The van der Waals surface area contributed by atoms with Crippen LogP contribution in [0.4, 0.5) is 0 Å². The predicted molar refractivity (Wildman–Crippen MR) is 537 cm³/mol. The van der Waals surface area contributed by atoms with Crippen molar-refractivity contribution in [2.75, 3.05) is 39.3 Å². The summed E-state index contributed by atoms with van der Waals surface area (Å²) in [5, 5.41) is 28.4. The molecule has 4 spiro atoms. The summed E-state index contributed by atoms with van der Waals surface area (Å²) in [7, 11) is 0. The number of carbonyl (C=O) groups is 3. The van der Waals surface area contributed by atoms with Crippen LogP contribution in [0.1, 0.15) is 375 Å². The van der Waals surface area contributed by atoms with E-state index >= 15 is 0 Å². The zero-order valence-electron chi connectivity index (χ0n) is 87.9. The molecule has 24 aliphatic rings. The number of ether oxygens (including phenoxy) is 7. The number of esters is 3. The Labute approximate surface area is 820 Å². The second-order valence-electron chi connectivity index (χ2n) is 54.2. The summed E-state index contributed by atoms with van der Waals surface area (Å²) in [6.45, 7) is 45.7. The van der Waals surface area contributed by atoms with E-state index in [1.54, 1.807) is 29.2 Å². The van der Waals surface area contributed by atoms with Crippen LogP contribution in [0.25, 0.3) is 0 Å². The van der Waals surface area contributed by atoms with Crippen molar-refractivity contribution in [3.63, 3.8) is 0 Å². The minimum Gasteiger partial charge on any atom is -0.463 e. The van der Waals surface area contributed by atoms with Crippen molar-refractivity contribution in [3.8, 4) is 0 Å². The number of hydrogen-bond donors (Lipinski definition) is 7. The van der Waals surface area contributed by atoms with Gasteiger partial charge in [-0.05, 0) is 451 Å². The lowest BCUT2D eigenvalue weighted by Gasteiger charge is -2.54. The molecule has 0 unspecified atom stereocenters. The largest absolute Gasteiger partial charge is 0.463 e. The van der Waals surface area contributed by atoms with Crippen molar-refractivity contribution in [2.24, 2.45) is 180 Å². The molecule has 43 atom stereocenters. The van der Waals surface area contributed by atoms with Gasteiger partial charge in [0.15, 0.2) is 0 Å². The Balaban J connectivity index is 0.000000109. The van der Waals surface area contributed by atoms with Crippen molar-refractivity contribution >= 4 is 23.6 Å². The van der Waals surface area contributed by atoms with E-state index in [0.29, 0.717) is 124 Å². The van der Waals surface area contributed by atoms with E-state index in [1.807, 2.05) is 22.3 Å². The van der Waals surface area contributed by atoms with Crippen LogP contribution in [0.3, 0.4) is 0 Å². The number of nitrogens with one attached hydrogen (secondary N) is 4. The van der Waals surface area contributed by atoms with Gasteiger partial charge in [-0.1, -0.05) is 133 Å². The number of piperidine rings is 4. The molecular weight excluding hydrogens is 1690 g/mol. The molecule has 20 fully saturated rings. The molecule has 16 aliphatic carbocycles. The minimum atomic E-state index is -0.238. The highest BCUT2D eigenvalue weighted by Crippen LogP contribution is 2.72. The van der Waals surface area contributed by atoms with Crippen LogP contribution in [-0.2, 0) is 47.5 Å². The summed E-state index contributed by atoms with van der Waals surface area (Å²) in [5.74, 6) is 17.2. The second kappa shape index (κ2) is 37.7. The van der Waals surface area contributed by atoms with Gasteiger partial charge in [0, 0.05) is 54.8 Å². The third-order valence-electron chi connectivity index (χ3n) is 47.6. The molecule has 24 rings (SSSR count). The number of carbonyl (C=O) groups excluding carboxylic acids is 3. The van der Waals surface area contributed by atoms with Gasteiger partial charge in [0.05, 0.1) is 65.6 Å². The second-order valence-corrected chi connectivity index (χ2v) is 54.2. The summed E-state index contributed by atoms with van der Waals surface area (Å²) in [6, 6.07) is 2.16. The molecule has 8 saturated heterocycles. The van der Waals surface area contributed by atoms with Crippen LogP contribution in [0.5, 0.6) is 0 Å². The number of hydrogen-bond acceptors (Lipinski definition) is 18. The van der Waals surface area contributed by atoms with Crippen LogP contribution in [-0.4, -0.2) is 157 Å². The Kier molecular flexibility index (Phi) is 27.3. The molecule has 8 heterocycles. The summed E-state index contributed by atoms with van der Waals surface area (Å²) >= 11 is 0. The number of allylic oxidation sites excluding steroid dienone is 4. The molecule has 0 aromatic carbocycles. The zero-order chi connectivity index (χ0) is 95.1. The average molecular weight is 1880 g/mol. The Morgan fingerprint density at radius 1 is 0.360 bits per heavy atom. The Morgan fingerprint density at radius 2 is 0.632 bits per heavy atom. The SMILES string of the molecule is CC(=O)O[C@@H]1CC[C@@]2(C)[C@H](CC[C@H]3[C@@H]4CC[C@@]5(CC(C)=C4C[C@@H]32)O[C@@H]2C[C@H](C)CN[C@H]2[C@H]5C)C1.CC1=C2C[C@H]3[C@@H](CC[C@@H]4CC(=NO)CC[C@@]43C)[C@@H]2CC[C@@]2(C1)O[C@@H]1C[C@H](C)CN[C@H]1[C@H]2C.CC1=C2C[C@H]3[C@@H](CC[C@@H]4C[C@@H](OC(=O)CN)CC[C@@]43C)[C@@H]2CC[C@@]2(C1)O[C@@H]1C[C@H](C)CN[C@H]1[C@H]2C.CC1=C2C[C@H]3[C@@H](CC[C@@H]4C[C@H](OC(=O)CN)CC[C@@]43C)[C@@H]2CC[C@@]2(C1)O[C@@H]1C[C@H](C)CN[C@H]1[C@H]2C. The number of nitrogens with zero attached hydrogens (tertiary/aromatic N) is 1. The van der Waals surface area contributed by atoms with Gasteiger partial charge < -0.3 is 71.1 Å². The highest BCUT2D eigenvalue weighted by atomic mass is 16.6. The molecule has 12 saturated carbocycles. The third kappa shape index (κ3) is 17.0. The molecule has 9 N–H and O–H groups in total. The molecule has 0 amide bonds. The van der Waals surface area contributed by atoms with E-state index in [9.17, 15) is 19.6 Å². The fourth-order valence-corrected chi connectivity index (χ4v) is 40.1. The summed E-state index contributed by atoms with van der Waals surface area (Å²) in [6.07, 6.45) is 50.6. The maximum atomic E-state index is 11.8. The molecule has 0 radical (unpaired) electrons. The third-order valence-corrected chi connectivity index (χ3v) is 47.6. The first-order valence-electron chi connectivity index (χ1n) is 57.6. The standard InChI is InChI=1S/2C30H48N2O3.C30H47NO3.C28H44N2O2/c2*1-17-11-26-28(32-16-17)19(3)30(35-26)10-8-22-23-6-5-20-12-21(34-27(33)15-31)7-9-29(20,4)25(23)13-24(22)18(2)14-30;1-17-12-27-28(31-16-17)19(3)30(34-27)11-9-23-24-7-6-21-13-22(33-20(4)32)8-10-29(21,5)26(24)14-25(23)18(2)15-30;1-16-11-25-26(29-15-16)18(3)28(32-25)10-8-21-22-6-5-19-12-20(30-31)7-9-27(19,4)24(22)13-23(21)17(2)14-28/h2*17,19-23,25-26,28,32H,5-16,31H2,1-4H3;17,19,21-24,26-28,31H,6-16H2,1-5H3;16,18-19,21-22,24-26,29,31H,5-15H2,1-4H3/t17-,19+,20+,21+,22-,23-,25-,26+,28-,29-,30-;17-,19+,20+,21-,22-,23-,25-,26+,28-,29-,30-;17-,19+,21+,22+,23-,24-,26-,27+,28-,29-,30-;16-,18+,19+,21-,22-,24-,25+,26-,27-,28-/m0000/s1. The maximum Gasteiger partial charge on any atom is 0.319 e. The fourth-order valence-electron chi connectivity index (χ4n) is 40.1. The topological polar surface area (TPSA) is 249 Å². The van der Waals surface area contributed by atoms with Gasteiger partial charge in [-0.2, -0.15) is 0 Å². The maximum absolute atomic E-state index is 11.8. The van der Waals surface area contributed by atoms with E-state index in [1.165, 1.54) is 180 Å². The van der Waals surface area contributed by atoms with Crippen molar-refractivity contribution in [3.05, 3.63) is 44.6 Å². The normalized spacial score (nSPS) is 52.3. The molecule has 136 heavy (non-hydrogen) atoms. The molecule has 0 aromatic rings. The van der Waals surface area contributed by atoms with Crippen LogP contribution in [0.15, 0.2) is 49.7 Å². The zero-order valence-corrected chi connectivity index (χ0v) is 87.9. The Morgan fingerprint density at radius 3 is 0.904 bits per heavy atom. The van der Waals surface area contributed by atoms with Gasteiger partial charge in [-0.15, -0.1) is 0 Å². The van der Waals surface area contributed by atoms with E-state index in [4.69, 9.17) is 44.6 Å². The molecule has 8 aliphatic heterocycles. The van der Waals surface area contributed by atoms with Gasteiger partial charge >= 0.3 is 17.9 Å². The monoisotopic (exact) mass is 1880 g/mol. The summed E-state index contributed by atoms with van der Waals surface area (Å²) in [4.78, 5) is 35.2. The summed E-state index contributed by atoms with van der Waals surface area (Å²) < 4.78 is 45.2. The number of rotatable bonds is 5. The van der Waals surface area contributed by atoms with Crippen molar-refractivity contribution in [1.29, 1.82) is 0 Å². The van der Waals surface area contributed by atoms with Crippen LogP contribution in [0.2, 0.25) is 0 Å². The van der Waals surface area contributed by atoms with Gasteiger partial charge in [0.25, 0.3) is 0 Å². The van der Waals surface area contributed by atoms with E-state index in [-0.39, 0.29) is 71.7 Å². The molecule has 18 heteroatoms. The van der Waals surface area contributed by atoms with Gasteiger partial charge in [-0.25, -0.2) is 0 Å². The Hall–Kier alpha value is -3.56. The van der Waals surface area contributed by atoms with E-state index in [0.717, 1.165) is 198 Å². The average Bonchev–Trinajstić information content (AvgIpc) is 1.57. The van der Waals surface area contributed by atoms with Gasteiger partial charge in [-0.3, -0.25) is 14.4 Å². The highest BCUT2D eigenvalue weighted by molar-refractivity contribution is 5.85. The van der Waals surface area contributed by atoms with E-state index < -0.39 is 0 Å². The lowest BCUT2D eigenvalue weighted by atomic mass is 9.52. The van der Waals surface area contributed by atoms with Crippen LogP contribution >= 0.6 is 0 Å². The summed E-state index contributed by atoms with van der Waals surface area (Å²) in [5.41, 5.74) is 27.8. The van der Waals surface area contributed by atoms with Crippen molar-refractivity contribution < 1.29 is 52.7 Å². The smallest absolute Gasteiger partial charge is 0.319 e. The van der Waals surface area contributed by atoms with Gasteiger partial charge in [0.2, 0.25) is 0 Å². The Bertz CT molecular complexity index is 4450. The number of fused-ring (bicyclic) bond motifs is 24. The van der Waals surface area contributed by atoms with Crippen LogP contribution in [0, 0.1) is 164 Å². The first-order valence-corrected chi connectivity index (χ1v) is 57.6. The van der Waals surface area contributed by atoms with Crippen molar-refractivity contribution in [1.82, 2.24) is 21.3 Å². The van der Waals surface area contributed by atoms with E-state index in [2.05, 4.69) is 137 Å². The quantitative estimate of drug-likeness (QED) is 0.0444. The highest BCUT2D eigenvalue weighted by Gasteiger charge is 2.67. The predicted octanol–water partition coefficient (Wildman–Crippen LogP) is 21.9. The molecule has 760 valence electrons. The molecule has 0 bridgehead atoms. The first-order chi connectivity index (χ1) is 65.0. The lowest BCUT2D eigenvalue weighted by molar-refractivity contribution is -0.155. The van der Waals surface area contributed by atoms with Gasteiger partial charge in [0.1, 0.15) is 18.3 Å². The molecule has 0 aromatic heterocycles. The van der Waals surface area contributed by atoms with Crippen molar-refractivity contribution in [2.45, 2.75) is 464 Å². The van der Waals surface area contributed by atoms with Crippen LogP contribution < -0.4 is 32.7 Å². The molecular formula is C118H187N7O11. The number of oxime groups is 1. The lowest BCUT2D eigenvalue weighted by Crippen LogP contribution is -2.49.